The monoisotopic (exact) mass is 356 g/mol. The van der Waals surface area contributed by atoms with Gasteiger partial charge in [0.2, 0.25) is 0 Å². The number of carbonyl (C=O) groups is 1. The van der Waals surface area contributed by atoms with Crippen molar-refractivity contribution in [2.24, 2.45) is 0 Å². The summed E-state index contributed by atoms with van der Waals surface area (Å²) in [6.07, 6.45) is -1.81. The number of carbonyl (C=O) groups excluding carboxylic acids is 1. The van der Waals surface area contributed by atoms with E-state index in [2.05, 4.69) is 0 Å². The zero-order chi connectivity index (χ0) is 17.8. The highest BCUT2D eigenvalue weighted by atomic mass is 16.8. The summed E-state index contributed by atoms with van der Waals surface area (Å²) in [7, 11) is 0. The van der Waals surface area contributed by atoms with Crippen LogP contribution in [0.1, 0.15) is 18.3 Å². The van der Waals surface area contributed by atoms with Crippen molar-refractivity contribution in [1.82, 2.24) is 0 Å². The van der Waals surface area contributed by atoms with Crippen LogP contribution in [-0.2, 0) is 18.9 Å². The van der Waals surface area contributed by atoms with E-state index in [0.717, 1.165) is 5.56 Å². The van der Waals surface area contributed by atoms with Crippen LogP contribution in [-0.4, -0.2) is 37.7 Å². The molecule has 0 aliphatic carbocycles. The Hall–Kier alpha value is -2.41. The van der Waals surface area contributed by atoms with E-state index in [0.29, 0.717) is 25.4 Å². The van der Waals surface area contributed by atoms with Gasteiger partial charge in [0.05, 0.1) is 13.2 Å². The van der Waals surface area contributed by atoms with Gasteiger partial charge in [-0.2, -0.15) is 0 Å². The molecule has 0 aromatic heterocycles. The van der Waals surface area contributed by atoms with Gasteiger partial charge in [0.1, 0.15) is 24.1 Å². The summed E-state index contributed by atoms with van der Waals surface area (Å²) in [4.78, 5) is 12.1. The fourth-order valence-corrected chi connectivity index (χ4v) is 3.16. The molecule has 2 aromatic carbocycles. The minimum Gasteiger partial charge on any atom is -0.428 e. The minimum absolute atomic E-state index is 0.266. The summed E-state index contributed by atoms with van der Waals surface area (Å²) in [5.74, 6) is 0.441. The number of hydrogen-bond acceptors (Lipinski definition) is 6. The van der Waals surface area contributed by atoms with E-state index in [1.807, 2.05) is 36.4 Å². The first kappa shape index (κ1) is 17.0. The highest BCUT2D eigenvalue weighted by Crippen LogP contribution is 2.33. The van der Waals surface area contributed by atoms with Gasteiger partial charge in [-0.1, -0.05) is 48.5 Å². The zero-order valence-corrected chi connectivity index (χ0v) is 14.2. The Morgan fingerprint density at radius 2 is 1.69 bits per heavy atom. The molecule has 6 heteroatoms. The highest BCUT2D eigenvalue weighted by molar-refractivity contribution is 5.64. The molecule has 0 saturated carbocycles. The molecule has 2 aliphatic heterocycles. The lowest BCUT2D eigenvalue weighted by atomic mass is 10.0. The molecule has 2 saturated heterocycles. The topological polar surface area (TPSA) is 63.2 Å². The smallest absolute Gasteiger partial charge is 0.428 e. The average Bonchev–Trinajstić information content (AvgIpc) is 2.69. The highest BCUT2D eigenvalue weighted by Gasteiger charge is 2.43. The minimum atomic E-state index is -0.742. The number of fused-ring (bicyclic) bond motifs is 1. The maximum absolute atomic E-state index is 12.1. The molecule has 4 atom stereocenters. The summed E-state index contributed by atoms with van der Waals surface area (Å²) in [5, 5.41) is 0. The normalized spacial score (nSPS) is 28.0. The van der Waals surface area contributed by atoms with Gasteiger partial charge in [0.25, 0.3) is 0 Å². The van der Waals surface area contributed by atoms with Gasteiger partial charge in [0.15, 0.2) is 6.29 Å². The van der Waals surface area contributed by atoms with Gasteiger partial charge in [0, 0.05) is 12.0 Å². The summed E-state index contributed by atoms with van der Waals surface area (Å²) in [6.45, 7) is 0.866. The van der Waals surface area contributed by atoms with Crippen LogP contribution in [0.15, 0.2) is 60.7 Å². The van der Waals surface area contributed by atoms with Crippen molar-refractivity contribution in [3.63, 3.8) is 0 Å². The van der Waals surface area contributed by atoms with E-state index in [1.165, 1.54) is 0 Å². The number of benzene rings is 2. The molecule has 0 spiro atoms. The van der Waals surface area contributed by atoms with Crippen LogP contribution in [0, 0.1) is 0 Å². The molecule has 4 unspecified atom stereocenters. The van der Waals surface area contributed by atoms with Gasteiger partial charge >= 0.3 is 6.16 Å². The van der Waals surface area contributed by atoms with Crippen molar-refractivity contribution < 1.29 is 28.5 Å². The van der Waals surface area contributed by atoms with Crippen molar-refractivity contribution in [1.29, 1.82) is 0 Å². The maximum atomic E-state index is 12.1. The second-order valence-electron chi connectivity index (χ2n) is 6.20. The Balaban J connectivity index is 1.41. The van der Waals surface area contributed by atoms with E-state index < -0.39 is 24.7 Å². The van der Waals surface area contributed by atoms with E-state index in [9.17, 15) is 4.79 Å². The standard InChI is InChI=1S/C20H20O6/c21-20(24-15-9-5-2-6-10-15)25-16-11-12-22-17-13-23-19(26-18(16)17)14-7-3-1-4-8-14/h1-10,16-19H,11-13H2. The molecule has 0 bridgehead atoms. The molecular weight excluding hydrogens is 336 g/mol. The van der Waals surface area contributed by atoms with Crippen molar-refractivity contribution >= 4 is 6.16 Å². The molecule has 6 nitrogen and oxygen atoms in total. The first-order valence-electron chi connectivity index (χ1n) is 8.67. The quantitative estimate of drug-likeness (QED) is 0.620. The van der Waals surface area contributed by atoms with Gasteiger partial charge in [-0.05, 0) is 12.1 Å². The lowest BCUT2D eigenvalue weighted by Gasteiger charge is -2.42. The van der Waals surface area contributed by atoms with Crippen LogP contribution in [0.4, 0.5) is 4.79 Å². The summed E-state index contributed by atoms with van der Waals surface area (Å²) in [5.41, 5.74) is 0.919. The van der Waals surface area contributed by atoms with Gasteiger partial charge in [-0.3, -0.25) is 0 Å². The third-order valence-electron chi connectivity index (χ3n) is 4.42. The summed E-state index contributed by atoms with van der Waals surface area (Å²) in [6, 6.07) is 18.5. The Morgan fingerprint density at radius 1 is 0.962 bits per heavy atom. The molecular formula is C20H20O6. The van der Waals surface area contributed by atoms with Crippen LogP contribution in [0.3, 0.4) is 0 Å². The van der Waals surface area contributed by atoms with Crippen molar-refractivity contribution in [2.45, 2.75) is 31.0 Å². The third-order valence-corrected chi connectivity index (χ3v) is 4.42. The molecule has 26 heavy (non-hydrogen) atoms. The maximum Gasteiger partial charge on any atom is 0.514 e. The van der Waals surface area contributed by atoms with E-state index in [-0.39, 0.29) is 6.10 Å². The van der Waals surface area contributed by atoms with Crippen LogP contribution in [0.25, 0.3) is 0 Å². The third kappa shape index (κ3) is 3.88. The van der Waals surface area contributed by atoms with Crippen LogP contribution in [0.2, 0.25) is 0 Å². The van der Waals surface area contributed by atoms with Crippen molar-refractivity contribution in [2.75, 3.05) is 13.2 Å². The predicted octanol–water partition coefficient (Wildman–Crippen LogP) is 3.47. The molecule has 2 aromatic rings. The molecule has 0 radical (unpaired) electrons. The number of hydrogen-bond donors (Lipinski definition) is 0. The van der Waals surface area contributed by atoms with Crippen LogP contribution >= 0.6 is 0 Å². The predicted molar refractivity (Wildman–Crippen MR) is 91.7 cm³/mol. The van der Waals surface area contributed by atoms with Crippen LogP contribution in [0.5, 0.6) is 5.75 Å². The zero-order valence-electron chi connectivity index (χ0n) is 14.2. The fourth-order valence-electron chi connectivity index (χ4n) is 3.16. The SMILES string of the molecule is O=C(Oc1ccccc1)OC1CCOC2COC(c3ccccc3)OC21. The molecule has 0 amide bonds. The lowest BCUT2D eigenvalue weighted by molar-refractivity contribution is -0.299. The molecule has 2 aliphatic rings. The Morgan fingerprint density at radius 3 is 2.46 bits per heavy atom. The van der Waals surface area contributed by atoms with Crippen molar-refractivity contribution in [3.05, 3.63) is 66.2 Å². The van der Waals surface area contributed by atoms with E-state index >= 15 is 0 Å². The Bertz CT molecular complexity index is 720. The van der Waals surface area contributed by atoms with E-state index in [4.69, 9.17) is 23.7 Å². The Labute approximate surface area is 151 Å². The van der Waals surface area contributed by atoms with Crippen LogP contribution < -0.4 is 4.74 Å². The summed E-state index contributed by atoms with van der Waals surface area (Å²) < 4.78 is 28.3. The number of rotatable bonds is 3. The van der Waals surface area contributed by atoms with Crippen molar-refractivity contribution in [3.8, 4) is 5.75 Å². The second kappa shape index (κ2) is 7.86. The average molecular weight is 356 g/mol. The van der Waals surface area contributed by atoms with E-state index in [1.54, 1.807) is 24.3 Å². The molecule has 2 fully saturated rings. The number of ether oxygens (including phenoxy) is 5. The molecule has 2 heterocycles. The fraction of sp³-hybridized carbons (Fsp3) is 0.350. The largest absolute Gasteiger partial charge is 0.514 e. The van der Waals surface area contributed by atoms with Gasteiger partial charge in [-0.15, -0.1) is 0 Å². The Kier molecular flexibility index (Phi) is 5.15. The lowest BCUT2D eigenvalue weighted by Crippen LogP contribution is -2.53. The number of para-hydroxylation sites is 1. The first-order chi connectivity index (χ1) is 12.8. The first-order valence-corrected chi connectivity index (χ1v) is 8.67. The molecule has 136 valence electrons. The second-order valence-corrected chi connectivity index (χ2v) is 6.20. The van der Waals surface area contributed by atoms with Gasteiger partial charge in [-0.25, -0.2) is 4.79 Å². The summed E-state index contributed by atoms with van der Waals surface area (Å²) >= 11 is 0. The molecule has 4 rings (SSSR count). The van der Waals surface area contributed by atoms with Gasteiger partial charge < -0.3 is 23.7 Å². The molecule has 0 N–H and O–H groups in total.